The predicted octanol–water partition coefficient (Wildman–Crippen LogP) is 5.83. The first-order chi connectivity index (χ1) is 24.8. The first-order valence-electron chi connectivity index (χ1n) is 18.0. The van der Waals surface area contributed by atoms with Gasteiger partial charge in [-0.3, -0.25) is 19.3 Å². The van der Waals surface area contributed by atoms with Gasteiger partial charge in [0, 0.05) is 82.6 Å². The Labute approximate surface area is 307 Å². The summed E-state index contributed by atoms with van der Waals surface area (Å²) in [5.41, 5.74) is 5.87. The van der Waals surface area contributed by atoms with E-state index in [-0.39, 0.29) is 28.6 Å². The van der Waals surface area contributed by atoms with Crippen LogP contribution in [0.1, 0.15) is 60.8 Å². The molecule has 1 aromatic heterocycles. The van der Waals surface area contributed by atoms with Crippen LogP contribution < -0.4 is 16.2 Å². The summed E-state index contributed by atoms with van der Waals surface area (Å²) in [6.45, 7) is 15.9. The van der Waals surface area contributed by atoms with E-state index in [0.717, 1.165) is 55.0 Å². The summed E-state index contributed by atoms with van der Waals surface area (Å²) in [5, 5.41) is 6.27. The zero-order valence-corrected chi connectivity index (χ0v) is 31.8. The average Bonchev–Trinajstić information content (AvgIpc) is 3.14. The van der Waals surface area contributed by atoms with Gasteiger partial charge in [0.25, 0.3) is 11.5 Å². The number of ether oxygens (including phenoxy) is 1. The maximum atomic E-state index is 13.8. The normalized spacial score (nSPS) is 14.5. The predicted molar refractivity (Wildman–Crippen MR) is 208 cm³/mol. The molecule has 2 amide bonds. The number of nitrogens with one attached hydrogen (secondary N) is 2. The Bertz CT molecular complexity index is 1910. The molecule has 11 nitrogen and oxygen atoms in total. The van der Waals surface area contributed by atoms with Crippen LogP contribution in [-0.4, -0.2) is 96.1 Å². The largest absolute Gasteiger partial charge is 0.383 e. The number of nitrogens with zero attached hydrogens (tertiary/aromatic N) is 5. The number of likely N-dealkylation sites (N-methyl/N-ethyl adjacent to an activating group) is 2. The highest BCUT2D eigenvalue weighted by Gasteiger charge is 2.32. The van der Waals surface area contributed by atoms with E-state index in [1.165, 1.54) is 4.57 Å². The number of amides is 2. The standard InChI is InChI=1S/C41H53N7O4/c1-9-47-21-23-48(24-22-47)36(39(50)45(6)25-26-52-8)29-15-19-32(20-16-29)42-37-40(51)46(7)27-35(43-37)33-11-10-12-34(28(33)2)44-38(49)30-13-17-31(18-14-30)41(3,4)5/h10-20,27,36H,9,21-26H2,1-8H3,(H,42,43)(H,44,49). The monoisotopic (exact) mass is 707 g/mol. The van der Waals surface area contributed by atoms with E-state index in [9.17, 15) is 14.4 Å². The van der Waals surface area contributed by atoms with Crippen LogP contribution in [0.15, 0.2) is 77.7 Å². The number of aryl methyl sites for hydroxylation is 1. The second-order valence-electron chi connectivity index (χ2n) is 14.5. The van der Waals surface area contributed by atoms with E-state index in [2.05, 4.69) is 48.1 Å². The number of carbonyl (C=O) groups is 2. The second kappa shape index (κ2) is 16.7. The highest BCUT2D eigenvalue weighted by molar-refractivity contribution is 6.05. The van der Waals surface area contributed by atoms with Gasteiger partial charge in [-0.05, 0) is 65.9 Å². The molecule has 1 atom stereocenters. The maximum absolute atomic E-state index is 13.8. The molecular weight excluding hydrogens is 654 g/mol. The number of anilines is 3. The number of hydrogen-bond donors (Lipinski definition) is 2. The van der Waals surface area contributed by atoms with Crippen LogP contribution in [0.5, 0.6) is 0 Å². The lowest BCUT2D eigenvalue weighted by Crippen LogP contribution is -2.51. The van der Waals surface area contributed by atoms with Crippen LogP contribution >= 0.6 is 0 Å². The van der Waals surface area contributed by atoms with E-state index in [1.807, 2.05) is 80.7 Å². The highest BCUT2D eigenvalue weighted by Crippen LogP contribution is 2.30. The minimum Gasteiger partial charge on any atom is -0.383 e. The molecule has 0 bridgehead atoms. The van der Waals surface area contributed by atoms with E-state index in [0.29, 0.717) is 35.8 Å². The maximum Gasteiger partial charge on any atom is 0.293 e. The van der Waals surface area contributed by atoms with Crippen molar-refractivity contribution in [3.8, 4) is 11.3 Å². The van der Waals surface area contributed by atoms with Gasteiger partial charge in [0.2, 0.25) is 5.91 Å². The molecule has 1 fully saturated rings. The summed E-state index contributed by atoms with van der Waals surface area (Å²) >= 11 is 0. The van der Waals surface area contributed by atoms with Gasteiger partial charge < -0.3 is 29.7 Å². The van der Waals surface area contributed by atoms with Gasteiger partial charge >= 0.3 is 0 Å². The third-order valence-corrected chi connectivity index (χ3v) is 9.89. The lowest BCUT2D eigenvalue weighted by Gasteiger charge is -2.39. The molecule has 1 aliphatic heterocycles. The van der Waals surface area contributed by atoms with Gasteiger partial charge in [0.1, 0.15) is 6.04 Å². The topological polar surface area (TPSA) is 112 Å². The molecule has 0 spiro atoms. The van der Waals surface area contributed by atoms with E-state index >= 15 is 0 Å². The van der Waals surface area contributed by atoms with Crippen LogP contribution in [-0.2, 0) is 22.0 Å². The Kier molecular flexibility index (Phi) is 12.3. The number of hydrogen-bond acceptors (Lipinski definition) is 8. The van der Waals surface area contributed by atoms with Gasteiger partial charge in [0.15, 0.2) is 5.82 Å². The SMILES string of the molecule is CCN1CCN(C(C(=O)N(C)CCOC)c2ccc(Nc3nc(-c4cccc(NC(=O)c5ccc(C(C)(C)C)cc5)c4C)cn(C)c3=O)cc2)CC1. The van der Waals surface area contributed by atoms with Gasteiger partial charge in [-0.1, -0.05) is 64.1 Å². The third kappa shape index (κ3) is 8.96. The fraction of sp³-hybridized carbons (Fsp3) is 0.415. The summed E-state index contributed by atoms with van der Waals surface area (Å²) in [6, 6.07) is 20.6. The zero-order valence-electron chi connectivity index (χ0n) is 31.8. The number of aromatic nitrogens is 2. The molecule has 3 aromatic carbocycles. The van der Waals surface area contributed by atoms with E-state index in [1.54, 1.807) is 25.3 Å². The molecule has 0 saturated carbocycles. The average molecular weight is 708 g/mol. The van der Waals surface area contributed by atoms with Crippen molar-refractivity contribution in [2.75, 3.05) is 70.7 Å². The quantitative estimate of drug-likeness (QED) is 0.189. The molecule has 2 N–H and O–H groups in total. The molecule has 4 aromatic rings. The van der Waals surface area contributed by atoms with Crippen molar-refractivity contribution in [2.45, 2.75) is 46.1 Å². The zero-order chi connectivity index (χ0) is 37.6. The molecule has 11 heteroatoms. The van der Waals surface area contributed by atoms with Crippen LogP contribution in [0.4, 0.5) is 17.2 Å². The summed E-state index contributed by atoms with van der Waals surface area (Å²) in [6.07, 6.45) is 1.70. The Balaban J connectivity index is 1.37. The van der Waals surface area contributed by atoms with Crippen molar-refractivity contribution in [2.24, 2.45) is 7.05 Å². The Morgan fingerprint density at radius 3 is 2.27 bits per heavy atom. The van der Waals surface area contributed by atoms with Crippen molar-refractivity contribution in [1.29, 1.82) is 0 Å². The lowest BCUT2D eigenvalue weighted by atomic mass is 9.86. The first kappa shape index (κ1) is 38.4. The van der Waals surface area contributed by atoms with Gasteiger partial charge in [-0.2, -0.15) is 0 Å². The molecule has 1 unspecified atom stereocenters. The van der Waals surface area contributed by atoms with Crippen LogP contribution in [0.25, 0.3) is 11.3 Å². The molecule has 0 aliphatic carbocycles. The third-order valence-electron chi connectivity index (χ3n) is 9.89. The Morgan fingerprint density at radius 1 is 0.981 bits per heavy atom. The first-order valence-corrected chi connectivity index (χ1v) is 18.0. The number of carbonyl (C=O) groups excluding carboxylic acids is 2. The number of rotatable bonds is 12. The minimum absolute atomic E-state index is 0.00499. The lowest BCUT2D eigenvalue weighted by molar-refractivity contribution is -0.137. The summed E-state index contributed by atoms with van der Waals surface area (Å²) in [7, 11) is 5.15. The highest BCUT2D eigenvalue weighted by atomic mass is 16.5. The van der Waals surface area contributed by atoms with Gasteiger partial charge in [-0.15, -0.1) is 0 Å². The number of methoxy groups -OCH3 is 1. The summed E-state index contributed by atoms with van der Waals surface area (Å²) in [5.74, 6) is -0.00460. The Morgan fingerprint density at radius 2 is 1.65 bits per heavy atom. The number of piperazine rings is 1. The summed E-state index contributed by atoms with van der Waals surface area (Å²) < 4.78 is 6.73. The molecule has 1 aliphatic rings. The van der Waals surface area contributed by atoms with E-state index < -0.39 is 6.04 Å². The number of benzene rings is 3. The molecule has 5 rings (SSSR count). The molecular formula is C41H53N7O4. The van der Waals surface area contributed by atoms with Crippen molar-refractivity contribution in [3.05, 3.63) is 106 Å². The van der Waals surface area contributed by atoms with Gasteiger partial charge in [-0.25, -0.2) is 4.98 Å². The minimum atomic E-state index is -0.428. The van der Waals surface area contributed by atoms with Crippen molar-refractivity contribution >= 4 is 29.0 Å². The molecule has 52 heavy (non-hydrogen) atoms. The fourth-order valence-electron chi connectivity index (χ4n) is 6.46. The molecule has 0 radical (unpaired) electrons. The van der Waals surface area contributed by atoms with Crippen LogP contribution in [0, 0.1) is 6.92 Å². The molecule has 1 saturated heterocycles. The van der Waals surface area contributed by atoms with Crippen LogP contribution in [0.2, 0.25) is 0 Å². The summed E-state index contributed by atoms with van der Waals surface area (Å²) in [4.78, 5) is 51.4. The fourth-order valence-corrected chi connectivity index (χ4v) is 6.46. The van der Waals surface area contributed by atoms with Crippen molar-refractivity contribution in [1.82, 2.24) is 24.3 Å². The molecule has 2 heterocycles. The smallest absolute Gasteiger partial charge is 0.293 e. The second-order valence-corrected chi connectivity index (χ2v) is 14.5. The molecule has 276 valence electrons. The van der Waals surface area contributed by atoms with Crippen molar-refractivity contribution in [3.63, 3.8) is 0 Å². The van der Waals surface area contributed by atoms with Gasteiger partial charge in [0.05, 0.1) is 12.3 Å². The van der Waals surface area contributed by atoms with E-state index in [4.69, 9.17) is 9.72 Å². The van der Waals surface area contributed by atoms with Crippen molar-refractivity contribution < 1.29 is 14.3 Å². The Hall–Kier alpha value is -4.84. The van der Waals surface area contributed by atoms with Crippen LogP contribution in [0.3, 0.4) is 0 Å².